The molecule has 33 heavy (non-hydrogen) atoms. The lowest BCUT2D eigenvalue weighted by Gasteiger charge is -2.32. The number of rotatable bonds is 9. The molecule has 2 fully saturated rings. The molecule has 10 heteroatoms. The summed E-state index contributed by atoms with van der Waals surface area (Å²) >= 11 is 0. The van der Waals surface area contributed by atoms with Crippen molar-refractivity contribution in [2.24, 2.45) is 5.92 Å². The topological polar surface area (TPSA) is 101 Å². The zero-order valence-electron chi connectivity index (χ0n) is 18.2. The van der Waals surface area contributed by atoms with E-state index < -0.39 is 33.4 Å². The third-order valence-corrected chi connectivity index (χ3v) is 6.59. The second kappa shape index (κ2) is 9.54. The van der Waals surface area contributed by atoms with Crippen LogP contribution >= 0.6 is 0 Å². The van der Waals surface area contributed by atoms with Crippen LogP contribution in [0, 0.1) is 17.6 Å². The van der Waals surface area contributed by atoms with Crippen molar-refractivity contribution in [2.45, 2.75) is 50.6 Å². The van der Waals surface area contributed by atoms with E-state index in [9.17, 15) is 22.0 Å². The number of nitrogens with one attached hydrogen (secondary N) is 2. The zero-order chi connectivity index (χ0) is 23.6. The second-order valence-electron chi connectivity index (χ2n) is 8.70. The van der Waals surface area contributed by atoms with Gasteiger partial charge in [0.05, 0.1) is 6.04 Å². The minimum absolute atomic E-state index is 0.0645. The number of carbonyl (C=O) groups is 1. The summed E-state index contributed by atoms with van der Waals surface area (Å²) in [5.41, 5.74) is 0.268. The lowest BCUT2D eigenvalue weighted by molar-refractivity contribution is 0.0919. The average Bonchev–Trinajstić information content (AvgIpc) is 3.56. The molecule has 2 aliphatic carbocycles. The first-order chi connectivity index (χ1) is 15.7. The van der Waals surface area contributed by atoms with Crippen LogP contribution in [-0.4, -0.2) is 36.6 Å². The van der Waals surface area contributed by atoms with Crippen LogP contribution in [0.4, 0.5) is 14.6 Å². The van der Waals surface area contributed by atoms with E-state index in [4.69, 9.17) is 0 Å². The van der Waals surface area contributed by atoms with E-state index in [1.807, 2.05) is 0 Å². The summed E-state index contributed by atoms with van der Waals surface area (Å²) in [4.78, 5) is 21.9. The highest BCUT2D eigenvalue weighted by Gasteiger charge is 2.30. The molecule has 2 N–H and O–H groups in total. The van der Waals surface area contributed by atoms with E-state index in [0.717, 1.165) is 62.0 Å². The first-order valence-corrected chi connectivity index (χ1v) is 12.9. The van der Waals surface area contributed by atoms with E-state index in [1.165, 1.54) is 12.3 Å². The van der Waals surface area contributed by atoms with Gasteiger partial charge in [-0.25, -0.2) is 27.2 Å². The molecule has 0 aliphatic heterocycles. The highest BCUT2D eigenvalue weighted by molar-refractivity contribution is 7.93. The molecule has 2 aliphatic rings. The van der Waals surface area contributed by atoms with Crippen LogP contribution in [0.15, 0.2) is 35.9 Å². The van der Waals surface area contributed by atoms with Crippen LogP contribution in [-0.2, 0) is 16.4 Å². The zero-order valence-corrected chi connectivity index (χ0v) is 19.0. The molecule has 176 valence electrons. The van der Waals surface area contributed by atoms with Crippen LogP contribution < -0.4 is 10.6 Å². The highest BCUT2D eigenvalue weighted by Crippen LogP contribution is 2.38. The molecule has 4 rings (SSSR count). The molecule has 0 spiro atoms. The number of amides is 1. The predicted octanol–water partition coefficient (Wildman–Crippen LogP) is 3.70. The number of carbonyl (C=O) groups excluding carboxylic acids is 1. The molecular formula is C23H26F2N4O3S. The lowest BCUT2D eigenvalue weighted by atomic mass is 9.79. The molecule has 1 aromatic carbocycles. The Balaban J connectivity index is 1.56. The number of anilines is 1. The molecular weight excluding hydrogens is 450 g/mol. The Morgan fingerprint density at radius 1 is 1.24 bits per heavy atom. The van der Waals surface area contributed by atoms with E-state index in [1.54, 1.807) is 0 Å². The first-order valence-electron chi connectivity index (χ1n) is 10.9. The van der Waals surface area contributed by atoms with Crippen LogP contribution in [0.2, 0.25) is 0 Å². The number of aromatic nitrogens is 2. The molecule has 1 amide bonds. The monoisotopic (exact) mass is 476 g/mol. The van der Waals surface area contributed by atoms with E-state index in [0.29, 0.717) is 5.82 Å². The van der Waals surface area contributed by atoms with Crippen molar-refractivity contribution in [2.75, 3.05) is 11.6 Å². The Labute approximate surface area is 191 Å². The van der Waals surface area contributed by atoms with Crippen molar-refractivity contribution in [3.63, 3.8) is 0 Å². The van der Waals surface area contributed by atoms with Gasteiger partial charge in [0.15, 0.2) is 9.84 Å². The fourth-order valence-corrected chi connectivity index (χ4v) is 4.13. The molecule has 1 aromatic heterocycles. The van der Waals surface area contributed by atoms with Crippen molar-refractivity contribution in [3.05, 3.63) is 64.5 Å². The largest absolute Gasteiger partial charge is 0.365 e. The maximum Gasteiger partial charge on any atom is 0.257 e. The molecule has 0 unspecified atom stereocenters. The van der Waals surface area contributed by atoms with E-state index >= 15 is 0 Å². The third-order valence-electron chi connectivity index (χ3n) is 5.94. The summed E-state index contributed by atoms with van der Waals surface area (Å²) in [6.07, 6.45) is 8.76. The standard InChI is InChI=1S/C23H26F2N4O3S/c1-33(31,32)10-9-20(14-3-2-4-14)28-23(30)18-13-27-21(15-5-6-15)29-22(18)26-12-16-11-17(24)7-8-19(16)25/h7-11,13-15,20H,2-6,12H2,1H3,(H,28,30)(H,26,27,29)/b10-9+/t20-/m1/s1. The van der Waals surface area contributed by atoms with Gasteiger partial charge in [0, 0.05) is 35.9 Å². The third kappa shape index (κ3) is 6.13. The highest BCUT2D eigenvalue weighted by atomic mass is 32.2. The molecule has 2 saturated carbocycles. The van der Waals surface area contributed by atoms with Gasteiger partial charge in [-0.2, -0.15) is 0 Å². The second-order valence-corrected chi connectivity index (χ2v) is 10.6. The molecule has 7 nitrogen and oxygen atoms in total. The van der Waals surface area contributed by atoms with Gasteiger partial charge in [0.1, 0.15) is 28.8 Å². The van der Waals surface area contributed by atoms with Crippen LogP contribution in [0.5, 0.6) is 0 Å². The van der Waals surface area contributed by atoms with Crippen LogP contribution in [0.3, 0.4) is 0 Å². The summed E-state index contributed by atoms with van der Waals surface area (Å²) in [6.45, 7) is -0.0645. The SMILES string of the molecule is CS(=O)(=O)/C=C/[C@@H](NC(=O)c1cnc(C2CC2)nc1NCc1cc(F)ccc1F)C1CCC1. The smallest absolute Gasteiger partial charge is 0.257 e. The summed E-state index contributed by atoms with van der Waals surface area (Å²) in [5.74, 6) is -0.385. The van der Waals surface area contributed by atoms with Crippen LogP contribution in [0.25, 0.3) is 0 Å². The van der Waals surface area contributed by atoms with Gasteiger partial charge >= 0.3 is 0 Å². The van der Waals surface area contributed by atoms with E-state index in [2.05, 4.69) is 20.6 Å². The van der Waals surface area contributed by atoms with Gasteiger partial charge in [-0.05, 0) is 49.8 Å². The summed E-state index contributed by atoms with van der Waals surface area (Å²) < 4.78 is 50.7. The number of hydrogen-bond acceptors (Lipinski definition) is 6. The van der Waals surface area contributed by atoms with Crippen LogP contribution in [0.1, 0.15) is 59.8 Å². The van der Waals surface area contributed by atoms with Crippen molar-refractivity contribution in [1.82, 2.24) is 15.3 Å². The Morgan fingerprint density at radius 3 is 2.64 bits per heavy atom. The Bertz CT molecular complexity index is 1180. The molecule has 2 aromatic rings. The first kappa shape index (κ1) is 23.3. The molecule has 1 heterocycles. The van der Waals surface area contributed by atoms with Gasteiger partial charge < -0.3 is 10.6 Å². The Morgan fingerprint density at radius 2 is 2.00 bits per heavy atom. The van der Waals surface area contributed by atoms with Crippen molar-refractivity contribution < 1.29 is 22.0 Å². The number of nitrogens with zero attached hydrogens (tertiary/aromatic N) is 2. The normalized spacial score (nSPS) is 17.5. The van der Waals surface area contributed by atoms with Crippen molar-refractivity contribution in [3.8, 4) is 0 Å². The molecule has 1 atom stereocenters. The maximum atomic E-state index is 14.1. The van der Waals surface area contributed by atoms with Gasteiger partial charge in [0.25, 0.3) is 5.91 Å². The predicted molar refractivity (Wildman–Crippen MR) is 120 cm³/mol. The minimum atomic E-state index is -3.34. The fourth-order valence-electron chi connectivity index (χ4n) is 3.67. The van der Waals surface area contributed by atoms with Crippen molar-refractivity contribution >= 4 is 21.6 Å². The van der Waals surface area contributed by atoms with Gasteiger partial charge in [-0.3, -0.25) is 4.79 Å². The maximum absolute atomic E-state index is 14.1. The Hall–Kier alpha value is -2.88. The fraction of sp³-hybridized carbons (Fsp3) is 0.435. The minimum Gasteiger partial charge on any atom is -0.365 e. The summed E-state index contributed by atoms with van der Waals surface area (Å²) in [6, 6.07) is 2.73. The number of halogens is 2. The molecule has 0 bridgehead atoms. The quantitative estimate of drug-likeness (QED) is 0.572. The van der Waals surface area contributed by atoms with Gasteiger partial charge in [-0.15, -0.1) is 0 Å². The molecule has 0 saturated heterocycles. The van der Waals surface area contributed by atoms with Crippen molar-refractivity contribution in [1.29, 1.82) is 0 Å². The summed E-state index contributed by atoms with van der Waals surface area (Å²) in [7, 11) is -3.34. The lowest BCUT2D eigenvalue weighted by Crippen LogP contribution is -2.42. The van der Waals surface area contributed by atoms with E-state index in [-0.39, 0.29) is 35.3 Å². The number of hydrogen-bond donors (Lipinski definition) is 2. The number of sulfone groups is 1. The summed E-state index contributed by atoms with van der Waals surface area (Å²) in [5, 5.41) is 6.95. The molecule has 0 radical (unpaired) electrons. The van der Waals surface area contributed by atoms with Gasteiger partial charge in [0.2, 0.25) is 0 Å². The number of benzene rings is 1. The van der Waals surface area contributed by atoms with Gasteiger partial charge in [-0.1, -0.05) is 12.5 Å². The average molecular weight is 477 g/mol. The Kier molecular flexibility index (Phi) is 6.73.